The molecule has 2 rings (SSSR count). The molecule has 2 aliphatic rings. The number of Topliss-reactive ketones (excluding diaryl/α,β-unsaturated/α-hetero) is 1. The summed E-state index contributed by atoms with van der Waals surface area (Å²) in [7, 11) is 0. The topological polar surface area (TPSA) is 44.8 Å². The fraction of sp³-hybridized carbons (Fsp3) is 0.889. The van der Waals surface area contributed by atoms with Gasteiger partial charge in [-0.25, -0.2) is 0 Å². The number of ether oxygens (including phenoxy) is 3. The van der Waals surface area contributed by atoms with Crippen LogP contribution in [0.1, 0.15) is 20.8 Å². The van der Waals surface area contributed by atoms with E-state index in [1.54, 1.807) is 0 Å². The molecule has 0 aromatic rings. The first-order valence-electron chi connectivity index (χ1n) is 4.47. The first-order valence-corrected chi connectivity index (χ1v) is 4.47. The standard InChI is InChI=1S/C9H14O4/c1-5(10)7-8-6(4-11-7)12-9(2,3)13-8/h6-8H,4H2,1-3H3/t6-,7+,8-/m0/s1. The lowest BCUT2D eigenvalue weighted by Crippen LogP contribution is -2.34. The zero-order valence-corrected chi connectivity index (χ0v) is 8.07. The van der Waals surface area contributed by atoms with E-state index in [2.05, 4.69) is 0 Å². The third kappa shape index (κ3) is 1.49. The van der Waals surface area contributed by atoms with Gasteiger partial charge >= 0.3 is 0 Å². The van der Waals surface area contributed by atoms with Gasteiger partial charge in [0.15, 0.2) is 11.6 Å². The van der Waals surface area contributed by atoms with Gasteiger partial charge in [-0.3, -0.25) is 4.79 Å². The van der Waals surface area contributed by atoms with E-state index in [0.29, 0.717) is 6.61 Å². The molecule has 0 aromatic heterocycles. The Bertz CT molecular complexity index is 236. The van der Waals surface area contributed by atoms with Gasteiger partial charge in [0, 0.05) is 0 Å². The molecule has 74 valence electrons. The maximum atomic E-state index is 11.1. The lowest BCUT2D eigenvalue weighted by Gasteiger charge is -2.20. The van der Waals surface area contributed by atoms with Crippen molar-refractivity contribution in [1.82, 2.24) is 0 Å². The summed E-state index contributed by atoms with van der Waals surface area (Å²) in [6.07, 6.45) is -0.733. The lowest BCUT2D eigenvalue weighted by molar-refractivity contribution is -0.176. The van der Waals surface area contributed by atoms with E-state index < -0.39 is 11.9 Å². The van der Waals surface area contributed by atoms with Crippen LogP contribution in [0.15, 0.2) is 0 Å². The molecule has 13 heavy (non-hydrogen) atoms. The Hall–Kier alpha value is -0.450. The van der Waals surface area contributed by atoms with Crippen LogP contribution in [0.2, 0.25) is 0 Å². The zero-order chi connectivity index (χ0) is 9.64. The van der Waals surface area contributed by atoms with Crippen LogP contribution >= 0.6 is 0 Å². The molecule has 4 heteroatoms. The van der Waals surface area contributed by atoms with Gasteiger partial charge in [0.2, 0.25) is 0 Å². The summed E-state index contributed by atoms with van der Waals surface area (Å²) in [5.41, 5.74) is 0. The highest BCUT2D eigenvalue weighted by Gasteiger charge is 2.51. The normalized spacial score (nSPS) is 41.9. The number of hydrogen-bond donors (Lipinski definition) is 0. The first kappa shape index (κ1) is 9.12. The molecular formula is C9H14O4. The van der Waals surface area contributed by atoms with Crippen LogP contribution in [-0.4, -0.2) is 36.5 Å². The molecule has 0 unspecified atom stereocenters. The van der Waals surface area contributed by atoms with Crippen LogP contribution in [0.3, 0.4) is 0 Å². The van der Waals surface area contributed by atoms with Crippen LogP contribution in [0.25, 0.3) is 0 Å². The van der Waals surface area contributed by atoms with Crippen molar-refractivity contribution in [2.45, 2.75) is 44.9 Å². The summed E-state index contributed by atoms with van der Waals surface area (Å²) in [5.74, 6) is -0.568. The molecule has 4 nitrogen and oxygen atoms in total. The van der Waals surface area contributed by atoms with Gasteiger partial charge in [-0.05, 0) is 20.8 Å². The summed E-state index contributed by atoms with van der Waals surface area (Å²) < 4.78 is 16.4. The summed E-state index contributed by atoms with van der Waals surface area (Å²) in [4.78, 5) is 11.1. The molecule has 3 atom stereocenters. The summed E-state index contributed by atoms with van der Waals surface area (Å²) in [6, 6.07) is 0. The Morgan fingerprint density at radius 1 is 1.38 bits per heavy atom. The second-order valence-electron chi connectivity index (χ2n) is 4.00. The highest BCUT2D eigenvalue weighted by Crippen LogP contribution is 2.35. The highest BCUT2D eigenvalue weighted by molar-refractivity contribution is 5.81. The minimum Gasteiger partial charge on any atom is -0.365 e. The van der Waals surface area contributed by atoms with Gasteiger partial charge in [-0.1, -0.05) is 0 Å². The molecule has 2 aliphatic heterocycles. The molecule has 0 saturated carbocycles. The van der Waals surface area contributed by atoms with Gasteiger partial charge < -0.3 is 14.2 Å². The van der Waals surface area contributed by atoms with Crippen LogP contribution < -0.4 is 0 Å². The summed E-state index contributed by atoms with van der Waals surface area (Å²) in [5, 5.41) is 0. The smallest absolute Gasteiger partial charge is 0.164 e. The number of hydrogen-bond acceptors (Lipinski definition) is 4. The lowest BCUT2D eigenvalue weighted by atomic mass is 10.1. The fourth-order valence-electron chi connectivity index (χ4n) is 1.89. The monoisotopic (exact) mass is 186 g/mol. The fourth-order valence-corrected chi connectivity index (χ4v) is 1.89. The minimum absolute atomic E-state index is 0.00815. The number of rotatable bonds is 1. The van der Waals surface area contributed by atoms with E-state index in [1.807, 2.05) is 13.8 Å². The number of ketones is 1. The molecule has 0 spiro atoms. The largest absolute Gasteiger partial charge is 0.365 e. The Kier molecular flexibility index (Phi) is 1.94. The SMILES string of the molecule is CC(=O)[C@H]1OC[C@@H]2OC(C)(C)O[C@@H]21. The van der Waals surface area contributed by atoms with Gasteiger partial charge in [-0.15, -0.1) is 0 Å². The zero-order valence-electron chi connectivity index (χ0n) is 8.07. The molecule has 0 aromatic carbocycles. The molecule has 2 fully saturated rings. The van der Waals surface area contributed by atoms with Crippen molar-refractivity contribution in [2.24, 2.45) is 0 Å². The van der Waals surface area contributed by atoms with Crippen LogP contribution in [0, 0.1) is 0 Å². The van der Waals surface area contributed by atoms with E-state index in [0.717, 1.165) is 0 Å². The molecular weight excluding hydrogens is 172 g/mol. The average Bonchev–Trinajstić information content (AvgIpc) is 2.41. The van der Waals surface area contributed by atoms with Crippen molar-refractivity contribution in [2.75, 3.05) is 6.61 Å². The van der Waals surface area contributed by atoms with Gasteiger partial charge in [0.05, 0.1) is 6.61 Å². The summed E-state index contributed by atoms with van der Waals surface area (Å²) >= 11 is 0. The van der Waals surface area contributed by atoms with Crippen molar-refractivity contribution in [3.63, 3.8) is 0 Å². The van der Waals surface area contributed by atoms with E-state index >= 15 is 0 Å². The Morgan fingerprint density at radius 3 is 2.69 bits per heavy atom. The maximum Gasteiger partial charge on any atom is 0.164 e. The Morgan fingerprint density at radius 2 is 2.08 bits per heavy atom. The van der Waals surface area contributed by atoms with E-state index in [-0.39, 0.29) is 18.0 Å². The second kappa shape index (κ2) is 2.77. The predicted molar refractivity (Wildman–Crippen MR) is 44.2 cm³/mol. The average molecular weight is 186 g/mol. The number of carbonyl (C=O) groups excluding carboxylic acids is 1. The van der Waals surface area contributed by atoms with Gasteiger partial charge in [-0.2, -0.15) is 0 Å². The Labute approximate surface area is 77.1 Å². The van der Waals surface area contributed by atoms with E-state index in [4.69, 9.17) is 14.2 Å². The highest BCUT2D eigenvalue weighted by atomic mass is 16.8. The van der Waals surface area contributed by atoms with E-state index in [9.17, 15) is 4.79 Å². The molecule has 0 bridgehead atoms. The molecule has 2 saturated heterocycles. The summed E-state index contributed by atoms with van der Waals surface area (Å²) in [6.45, 7) is 5.67. The van der Waals surface area contributed by atoms with Crippen LogP contribution in [0.4, 0.5) is 0 Å². The third-order valence-corrected chi connectivity index (χ3v) is 2.36. The molecule has 0 amide bonds. The molecule has 0 radical (unpaired) electrons. The van der Waals surface area contributed by atoms with Crippen molar-refractivity contribution in [3.05, 3.63) is 0 Å². The third-order valence-electron chi connectivity index (χ3n) is 2.36. The quantitative estimate of drug-likeness (QED) is 0.598. The number of carbonyl (C=O) groups is 1. The van der Waals surface area contributed by atoms with E-state index in [1.165, 1.54) is 6.92 Å². The molecule has 0 N–H and O–H groups in total. The van der Waals surface area contributed by atoms with Crippen molar-refractivity contribution in [1.29, 1.82) is 0 Å². The van der Waals surface area contributed by atoms with Crippen LogP contribution in [0.5, 0.6) is 0 Å². The molecule has 2 heterocycles. The minimum atomic E-state index is -0.577. The second-order valence-corrected chi connectivity index (χ2v) is 4.00. The maximum absolute atomic E-state index is 11.1. The molecule has 0 aliphatic carbocycles. The first-order chi connectivity index (χ1) is 5.99. The number of fused-ring (bicyclic) bond motifs is 1. The Balaban J connectivity index is 2.12. The van der Waals surface area contributed by atoms with Crippen molar-refractivity contribution >= 4 is 5.78 Å². The predicted octanol–water partition coefficient (Wildman–Crippen LogP) is 0.494. The van der Waals surface area contributed by atoms with Gasteiger partial charge in [0.25, 0.3) is 0 Å². The van der Waals surface area contributed by atoms with Crippen LogP contribution in [-0.2, 0) is 19.0 Å². The van der Waals surface area contributed by atoms with Crippen molar-refractivity contribution in [3.8, 4) is 0 Å². The van der Waals surface area contributed by atoms with Crippen molar-refractivity contribution < 1.29 is 19.0 Å². The van der Waals surface area contributed by atoms with Gasteiger partial charge in [0.1, 0.15) is 18.3 Å².